The number of aryl methyl sites for hydroxylation is 1. The fourth-order valence-electron chi connectivity index (χ4n) is 2.04. The maximum Gasteiger partial charge on any atom is 0.328 e. The first-order chi connectivity index (χ1) is 8.56. The summed E-state index contributed by atoms with van der Waals surface area (Å²) >= 11 is 5.04. The van der Waals surface area contributed by atoms with Crippen molar-refractivity contribution < 1.29 is 14.9 Å². The molecule has 100 valence electrons. The van der Waals surface area contributed by atoms with Crippen LogP contribution in [0, 0.1) is 4.64 Å². The molecule has 2 rings (SSSR count). The van der Waals surface area contributed by atoms with Crippen molar-refractivity contribution in [2.24, 2.45) is 0 Å². The Hall–Kier alpha value is -1.02. The molecule has 18 heavy (non-hydrogen) atoms. The van der Waals surface area contributed by atoms with Gasteiger partial charge < -0.3 is 14.9 Å². The van der Waals surface area contributed by atoms with Gasteiger partial charge in [-0.2, -0.15) is 0 Å². The Bertz CT molecular complexity index is 539. The van der Waals surface area contributed by atoms with E-state index in [-0.39, 0.29) is 18.7 Å². The average Bonchev–Trinajstić information content (AvgIpc) is 2.70. The predicted molar refractivity (Wildman–Crippen MR) is 66.9 cm³/mol. The van der Waals surface area contributed by atoms with Gasteiger partial charge in [0.15, 0.2) is 0 Å². The second-order valence-electron chi connectivity index (χ2n) is 4.29. The molecule has 3 N–H and O–H groups in total. The number of ether oxygens (including phenoxy) is 1. The molecule has 1 aliphatic heterocycles. The SMILES string of the molecule is CCc1cn([C@@H]2C[C@@H](O)[C@H](CO)O2)c(=O)[nH]c1=S. The van der Waals surface area contributed by atoms with E-state index in [2.05, 4.69) is 4.98 Å². The number of aromatic nitrogens is 2. The van der Waals surface area contributed by atoms with E-state index >= 15 is 0 Å². The standard InChI is InChI=1S/C11H16N2O4S/c1-2-6-4-13(11(16)12-10(6)18)9-3-7(15)8(5-14)17-9/h4,7-9,14-15H,2-3,5H2,1H3,(H,12,16,18)/t7-,8+,9+/m1/s1. The second-order valence-corrected chi connectivity index (χ2v) is 4.70. The summed E-state index contributed by atoms with van der Waals surface area (Å²) in [4.78, 5) is 14.4. The van der Waals surface area contributed by atoms with Crippen LogP contribution in [-0.2, 0) is 11.2 Å². The zero-order chi connectivity index (χ0) is 13.3. The molecule has 2 heterocycles. The predicted octanol–water partition coefficient (Wildman–Crippen LogP) is 0.109. The first-order valence-electron chi connectivity index (χ1n) is 5.85. The van der Waals surface area contributed by atoms with Gasteiger partial charge in [0.1, 0.15) is 17.0 Å². The van der Waals surface area contributed by atoms with Crippen LogP contribution in [0.15, 0.2) is 11.0 Å². The number of hydrogen-bond acceptors (Lipinski definition) is 5. The Balaban J connectivity index is 2.35. The van der Waals surface area contributed by atoms with Gasteiger partial charge >= 0.3 is 5.69 Å². The van der Waals surface area contributed by atoms with Gasteiger partial charge in [-0.1, -0.05) is 19.1 Å². The smallest absolute Gasteiger partial charge is 0.328 e. The lowest BCUT2D eigenvalue weighted by Crippen LogP contribution is -2.28. The number of H-pyrrole nitrogens is 1. The lowest BCUT2D eigenvalue weighted by molar-refractivity contribution is -0.0459. The van der Waals surface area contributed by atoms with Crippen LogP contribution in [0.2, 0.25) is 0 Å². The van der Waals surface area contributed by atoms with Crippen LogP contribution in [0.4, 0.5) is 0 Å². The molecular formula is C11H16N2O4S. The summed E-state index contributed by atoms with van der Waals surface area (Å²) in [6.07, 6.45) is 0.656. The zero-order valence-corrected chi connectivity index (χ0v) is 10.8. The van der Waals surface area contributed by atoms with Crippen LogP contribution in [0.5, 0.6) is 0 Å². The molecule has 7 heteroatoms. The third-order valence-electron chi connectivity index (χ3n) is 3.12. The molecule has 0 aromatic carbocycles. The summed E-state index contributed by atoms with van der Waals surface area (Å²) < 4.78 is 7.25. The topological polar surface area (TPSA) is 87.5 Å². The lowest BCUT2D eigenvalue weighted by Gasteiger charge is -2.15. The summed E-state index contributed by atoms with van der Waals surface area (Å²) in [6.45, 7) is 1.67. The molecule has 0 saturated carbocycles. The molecule has 0 aliphatic carbocycles. The van der Waals surface area contributed by atoms with Crippen LogP contribution >= 0.6 is 12.2 Å². The van der Waals surface area contributed by atoms with Crippen LogP contribution in [-0.4, -0.2) is 38.6 Å². The molecule has 1 aromatic rings. The van der Waals surface area contributed by atoms with Crippen molar-refractivity contribution in [2.45, 2.75) is 38.2 Å². The Labute approximate surface area is 109 Å². The maximum atomic E-state index is 11.8. The molecule has 0 unspecified atom stereocenters. The highest BCUT2D eigenvalue weighted by Crippen LogP contribution is 2.27. The summed E-state index contributed by atoms with van der Waals surface area (Å²) in [7, 11) is 0. The number of aliphatic hydroxyl groups is 2. The molecule has 0 amide bonds. The first kappa shape index (κ1) is 13.4. The third kappa shape index (κ3) is 2.39. The van der Waals surface area contributed by atoms with E-state index in [0.29, 0.717) is 11.1 Å². The van der Waals surface area contributed by atoms with Crippen molar-refractivity contribution >= 4 is 12.2 Å². The number of nitrogens with one attached hydrogen (secondary N) is 1. The van der Waals surface area contributed by atoms with Crippen LogP contribution in [0.25, 0.3) is 0 Å². The maximum absolute atomic E-state index is 11.8. The highest BCUT2D eigenvalue weighted by atomic mass is 32.1. The summed E-state index contributed by atoms with van der Waals surface area (Å²) in [5.41, 5.74) is 0.475. The molecule has 1 aromatic heterocycles. The van der Waals surface area contributed by atoms with E-state index in [1.54, 1.807) is 6.20 Å². The van der Waals surface area contributed by atoms with Gasteiger partial charge in [0.25, 0.3) is 0 Å². The molecule has 1 aliphatic rings. The largest absolute Gasteiger partial charge is 0.394 e. The number of aromatic amines is 1. The van der Waals surface area contributed by atoms with Gasteiger partial charge in [-0.3, -0.25) is 9.55 Å². The summed E-state index contributed by atoms with van der Waals surface area (Å²) in [6, 6.07) is 0. The van der Waals surface area contributed by atoms with Crippen molar-refractivity contribution in [3.8, 4) is 0 Å². The van der Waals surface area contributed by atoms with Gasteiger partial charge in [0, 0.05) is 18.2 Å². The minimum Gasteiger partial charge on any atom is -0.394 e. The highest BCUT2D eigenvalue weighted by molar-refractivity contribution is 7.71. The molecule has 1 saturated heterocycles. The van der Waals surface area contributed by atoms with Crippen molar-refractivity contribution in [1.82, 2.24) is 9.55 Å². The van der Waals surface area contributed by atoms with Crippen LogP contribution in [0.3, 0.4) is 0 Å². The molecule has 6 nitrogen and oxygen atoms in total. The Morgan fingerprint density at radius 2 is 2.39 bits per heavy atom. The van der Waals surface area contributed by atoms with Crippen molar-refractivity contribution in [3.63, 3.8) is 0 Å². The van der Waals surface area contributed by atoms with Crippen LogP contribution in [0.1, 0.15) is 25.1 Å². The van der Waals surface area contributed by atoms with E-state index in [9.17, 15) is 9.90 Å². The molecule has 0 radical (unpaired) electrons. The summed E-state index contributed by atoms with van der Waals surface area (Å²) in [5.74, 6) is 0. The minimum absolute atomic E-state index is 0.268. The average molecular weight is 272 g/mol. The van der Waals surface area contributed by atoms with Gasteiger partial charge in [0.05, 0.1) is 12.7 Å². The highest BCUT2D eigenvalue weighted by Gasteiger charge is 2.34. The molecule has 0 bridgehead atoms. The van der Waals surface area contributed by atoms with E-state index < -0.39 is 18.4 Å². The fraction of sp³-hybridized carbons (Fsp3) is 0.636. The van der Waals surface area contributed by atoms with E-state index in [1.165, 1.54) is 4.57 Å². The minimum atomic E-state index is -0.764. The number of aliphatic hydroxyl groups excluding tert-OH is 2. The molecule has 0 spiro atoms. The van der Waals surface area contributed by atoms with Gasteiger partial charge in [0.2, 0.25) is 0 Å². The monoisotopic (exact) mass is 272 g/mol. The Kier molecular flexibility index (Phi) is 3.96. The molecule has 1 fully saturated rings. The number of hydrogen-bond donors (Lipinski definition) is 3. The van der Waals surface area contributed by atoms with Crippen LogP contribution < -0.4 is 5.69 Å². The quantitative estimate of drug-likeness (QED) is 0.680. The Morgan fingerprint density at radius 3 is 2.94 bits per heavy atom. The summed E-state index contributed by atoms with van der Waals surface area (Å²) in [5, 5.41) is 18.7. The Morgan fingerprint density at radius 1 is 1.67 bits per heavy atom. The van der Waals surface area contributed by atoms with E-state index in [0.717, 1.165) is 5.56 Å². The van der Waals surface area contributed by atoms with E-state index in [1.807, 2.05) is 6.92 Å². The zero-order valence-electron chi connectivity index (χ0n) is 10.00. The van der Waals surface area contributed by atoms with Gasteiger partial charge in [-0.15, -0.1) is 0 Å². The van der Waals surface area contributed by atoms with Gasteiger partial charge in [-0.05, 0) is 6.42 Å². The second kappa shape index (κ2) is 5.31. The first-order valence-corrected chi connectivity index (χ1v) is 6.26. The van der Waals surface area contributed by atoms with Crippen molar-refractivity contribution in [2.75, 3.05) is 6.61 Å². The van der Waals surface area contributed by atoms with Crippen molar-refractivity contribution in [1.29, 1.82) is 0 Å². The van der Waals surface area contributed by atoms with Gasteiger partial charge in [-0.25, -0.2) is 4.79 Å². The molecule has 3 atom stereocenters. The molecular weight excluding hydrogens is 256 g/mol. The number of rotatable bonds is 3. The normalized spacial score (nSPS) is 27.6. The number of nitrogens with zero attached hydrogens (tertiary/aromatic N) is 1. The fourth-order valence-corrected chi connectivity index (χ4v) is 2.33. The van der Waals surface area contributed by atoms with Crippen molar-refractivity contribution in [3.05, 3.63) is 26.9 Å². The lowest BCUT2D eigenvalue weighted by atomic mass is 10.2. The third-order valence-corrected chi connectivity index (χ3v) is 3.48. The van der Waals surface area contributed by atoms with E-state index in [4.69, 9.17) is 22.1 Å².